The molecule has 0 aliphatic rings. The van der Waals surface area contributed by atoms with Crippen molar-refractivity contribution in [1.29, 1.82) is 0 Å². The van der Waals surface area contributed by atoms with Crippen LogP contribution in [0.25, 0.3) is 0 Å². The highest BCUT2D eigenvalue weighted by atomic mass is 16.5. The van der Waals surface area contributed by atoms with Crippen molar-refractivity contribution in [2.45, 2.75) is 19.4 Å². The predicted octanol–water partition coefficient (Wildman–Crippen LogP) is 3.56. The first kappa shape index (κ1) is 14.2. The Hall–Kier alpha value is -2.24. The van der Waals surface area contributed by atoms with Crippen molar-refractivity contribution in [1.82, 2.24) is 0 Å². The summed E-state index contributed by atoms with van der Waals surface area (Å²) >= 11 is 0. The molecule has 1 atom stereocenters. The second-order valence-electron chi connectivity index (χ2n) is 4.42. The van der Waals surface area contributed by atoms with Gasteiger partial charge in [0.25, 0.3) is 0 Å². The summed E-state index contributed by atoms with van der Waals surface area (Å²) in [6.07, 6.45) is 0.170. The third kappa shape index (κ3) is 3.88. The van der Waals surface area contributed by atoms with Crippen LogP contribution in [0.5, 0.6) is 5.75 Å². The molecular weight excluding hydrogens is 248 g/mol. The molecule has 2 nitrogen and oxygen atoms in total. The number of ether oxygens (including phenoxy) is 1. The van der Waals surface area contributed by atoms with Crippen molar-refractivity contribution in [3.05, 3.63) is 65.7 Å². The van der Waals surface area contributed by atoms with Gasteiger partial charge in [-0.15, -0.1) is 0 Å². The van der Waals surface area contributed by atoms with Crippen LogP contribution < -0.4 is 4.74 Å². The molecule has 1 N–H and O–H groups in total. The normalized spacial score (nSPS) is 11.3. The van der Waals surface area contributed by atoms with Gasteiger partial charge in [0.05, 0.1) is 6.10 Å². The van der Waals surface area contributed by atoms with E-state index in [1.54, 1.807) is 0 Å². The van der Waals surface area contributed by atoms with Gasteiger partial charge in [0.1, 0.15) is 12.4 Å². The van der Waals surface area contributed by atoms with Crippen LogP contribution in [-0.4, -0.2) is 11.7 Å². The van der Waals surface area contributed by atoms with E-state index in [-0.39, 0.29) is 0 Å². The molecule has 0 heterocycles. The first-order valence-corrected chi connectivity index (χ1v) is 6.75. The summed E-state index contributed by atoms with van der Waals surface area (Å²) in [5.41, 5.74) is 1.79. The highest BCUT2D eigenvalue weighted by Crippen LogP contribution is 2.26. The van der Waals surface area contributed by atoms with Crippen molar-refractivity contribution in [2.24, 2.45) is 0 Å². The second-order valence-corrected chi connectivity index (χ2v) is 4.42. The summed E-state index contributed by atoms with van der Waals surface area (Å²) in [4.78, 5) is 0. The molecule has 0 bridgehead atoms. The van der Waals surface area contributed by atoms with Crippen LogP contribution in [0.4, 0.5) is 0 Å². The van der Waals surface area contributed by atoms with Gasteiger partial charge in [-0.3, -0.25) is 0 Å². The number of benzene rings is 2. The van der Waals surface area contributed by atoms with E-state index in [0.717, 1.165) is 11.1 Å². The second kappa shape index (κ2) is 7.37. The first-order chi connectivity index (χ1) is 9.81. The molecule has 0 saturated heterocycles. The van der Waals surface area contributed by atoms with Gasteiger partial charge >= 0.3 is 0 Å². The molecule has 0 radical (unpaired) electrons. The van der Waals surface area contributed by atoms with Crippen molar-refractivity contribution < 1.29 is 9.84 Å². The molecule has 2 rings (SSSR count). The number of hydrogen-bond acceptors (Lipinski definition) is 2. The van der Waals surface area contributed by atoms with Crippen LogP contribution in [-0.2, 0) is 0 Å². The Morgan fingerprint density at radius 1 is 1.05 bits per heavy atom. The fourth-order valence-electron chi connectivity index (χ4n) is 1.88. The van der Waals surface area contributed by atoms with E-state index in [1.807, 2.05) is 61.5 Å². The van der Waals surface area contributed by atoms with Gasteiger partial charge in [0.2, 0.25) is 0 Å². The topological polar surface area (TPSA) is 29.5 Å². The van der Waals surface area contributed by atoms with Gasteiger partial charge in [0, 0.05) is 11.1 Å². The minimum atomic E-state index is -0.492. The monoisotopic (exact) mass is 266 g/mol. The molecule has 0 aliphatic carbocycles. The van der Waals surface area contributed by atoms with Gasteiger partial charge < -0.3 is 9.84 Å². The standard InChI is InChI=1S/C18H18O2/c1-2-17(19)16-12-6-7-13-18(16)20-14-8-11-15-9-4-3-5-10-15/h3-7,9-10,12-13,17,19H,2,14H2,1H3/t17-/m1/s1. The number of aliphatic hydroxyl groups excluding tert-OH is 1. The minimum Gasteiger partial charge on any atom is -0.481 e. The van der Waals surface area contributed by atoms with Gasteiger partial charge in [0.15, 0.2) is 0 Å². The van der Waals surface area contributed by atoms with Crippen molar-refractivity contribution in [3.8, 4) is 17.6 Å². The molecule has 0 fully saturated rings. The quantitative estimate of drug-likeness (QED) is 0.857. The highest BCUT2D eigenvalue weighted by molar-refractivity contribution is 5.36. The third-order valence-electron chi connectivity index (χ3n) is 2.97. The van der Waals surface area contributed by atoms with Crippen molar-refractivity contribution >= 4 is 0 Å². The summed E-state index contributed by atoms with van der Waals surface area (Å²) in [6.45, 7) is 2.25. The van der Waals surface area contributed by atoms with Crippen LogP contribution in [0, 0.1) is 11.8 Å². The molecular formula is C18H18O2. The molecule has 0 aliphatic heterocycles. The molecule has 0 amide bonds. The Labute approximate surface area is 120 Å². The number of rotatable bonds is 4. The maximum atomic E-state index is 9.93. The molecule has 0 unspecified atom stereocenters. The number of aliphatic hydroxyl groups is 1. The molecule has 2 heteroatoms. The van der Waals surface area contributed by atoms with E-state index < -0.39 is 6.10 Å². The maximum absolute atomic E-state index is 9.93. The lowest BCUT2D eigenvalue weighted by molar-refractivity contribution is 0.168. The Bertz CT molecular complexity index is 594. The zero-order valence-electron chi connectivity index (χ0n) is 11.5. The van der Waals surface area contributed by atoms with E-state index in [1.165, 1.54) is 0 Å². The molecule has 2 aromatic carbocycles. The zero-order valence-corrected chi connectivity index (χ0v) is 11.5. The summed E-state index contributed by atoms with van der Waals surface area (Å²) in [5, 5.41) is 9.93. The largest absolute Gasteiger partial charge is 0.481 e. The van der Waals surface area contributed by atoms with Crippen LogP contribution in [0.3, 0.4) is 0 Å². The van der Waals surface area contributed by atoms with E-state index in [9.17, 15) is 5.11 Å². The zero-order chi connectivity index (χ0) is 14.2. The van der Waals surface area contributed by atoms with Crippen LogP contribution in [0.2, 0.25) is 0 Å². The van der Waals surface area contributed by atoms with Crippen molar-refractivity contribution in [3.63, 3.8) is 0 Å². The van der Waals surface area contributed by atoms with Crippen LogP contribution >= 0.6 is 0 Å². The van der Waals surface area contributed by atoms with Crippen molar-refractivity contribution in [2.75, 3.05) is 6.61 Å². The molecule has 2 aromatic rings. The Morgan fingerprint density at radius 3 is 2.50 bits per heavy atom. The number of hydrogen-bond donors (Lipinski definition) is 1. The van der Waals surface area contributed by atoms with Gasteiger partial charge in [-0.05, 0) is 24.6 Å². The maximum Gasteiger partial charge on any atom is 0.149 e. The fraction of sp³-hybridized carbons (Fsp3) is 0.222. The average molecular weight is 266 g/mol. The highest BCUT2D eigenvalue weighted by Gasteiger charge is 2.10. The average Bonchev–Trinajstić information content (AvgIpc) is 2.52. The lowest BCUT2D eigenvalue weighted by atomic mass is 10.1. The predicted molar refractivity (Wildman–Crippen MR) is 80.5 cm³/mol. The van der Waals surface area contributed by atoms with Gasteiger partial charge in [-0.1, -0.05) is 55.2 Å². The minimum absolute atomic E-state index is 0.308. The smallest absolute Gasteiger partial charge is 0.149 e. The van der Waals surface area contributed by atoms with Gasteiger partial charge in [-0.2, -0.15) is 0 Å². The SMILES string of the molecule is CC[C@@H](O)c1ccccc1OCC#Cc1ccccc1. The Balaban J connectivity index is 2.00. The van der Waals surface area contributed by atoms with Gasteiger partial charge in [-0.25, -0.2) is 0 Å². The summed E-state index contributed by atoms with van der Waals surface area (Å²) in [5.74, 6) is 6.72. The van der Waals surface area contributed by atoms with E-state index in [4.69, 9.17) is 4.74 Å². The third-order valence-corrected chi connectivity index (χ3v) is 2.97. The van der Waals surface area contributed by atoms with Crippen LogP contribution in [0.1, 0.15) is 30.6 Å². The molecule has 20 heavy (non-hydrogen) atoms. The van der Waals surface area contributed by atoms with E-state index >= 15 is 0 Å². The molecule has 0 saturated carbocycles. The van der Waals surface area contributed by atoms with E-state index in [2.05, 4.69) is 11.8 Å². The lowest BCUT2D eigenvalue weighted by Crippen LogP contribution is -2.02. The van der Waals surface area contributed by atoms with Crippen LogP contribution in [0.15, 0.2) is 54.6 Å². The molecule has 0 spiro atoms. The molecule has 0 aromatic heterocycles. The Kier molecular flexibility index (Phi) is 5.23. The Morgan fingerprint density at radius 2 is 1.75 bits per heavy atom. The summed E-state index contributed by atoms with van der Waals surface area (Å²) in [6, 6.07) is 17.3. The lowest BCUT2D eigenvalue weighted by Gasteiger charge is -2.13. The summed E-state index contributed by atoms with van der Waals surface area (Å²) in [7, 11) is 0. The fourth-order valence-corrected chi connectivity index (χ4v) is 1.88. The first-order valence-electron chi connectivity index (χ1n) is 6.75. The van der Waals surface area contributed by atoms with E-state index in [0.29, 0.717) is 18.8 Å². The summed E-state index contributed by atoms with van der Waals surface area (Å²) < 4.78 is 5.65. The number of para-hydroxylation sites is 1. The molecule has 102 valence electrons.